The van der Waals surface area contributed by atoms with E-state index < -0.39 is 4.92 Å². The summed E-state index contributed by atoms with van der Waals surface area (Å²) in [5, 5.41) is 10.8. The van der Waals surface area contributed by atoms with E-state index in [1.165, 1.54) is 19.1 Å². The molecule has 16 heavy (non-hydrogen) atoms. The zero-order chi connectivity index (χ0) is 11.7. The molecule has 0 atom stereocenters. The highest BCUT2D eigenvalue weighted by atomic mass is 16.6. The van der Waals surface area contributed by atoms with E-state index in [0.29, 0.717) is 16.9 Å². The molecule has 0 unspecified atom stereocenters. The first kappa shape index (κ1) is 10.4. The SMILES string of the molecule is CC(=O)C1=Cc2c(cccc2[N+](=O)[O-])OC1. The number of carbonyl (C=O) groups excluding carboxylic acids is 1. The number of rotatable bonds is 2. The predicted octanol–water partition coefficient (Wildman–Crippen LogP) is 1.96. The fraction of sp³-hybridized carbons (Fsp3) is 0.182. The summed E-state index contributed by atoms with van der Waals surface area (Å²) in [5.41, 5.74) is 0.765. The quantitative estimate of drug-likeness (QED) is 0.563. The summed E-state index contributed by atoms with van der Waals surface area (Å²) < 4.78 is 5.29. The zero-order valence-electron chi connectivity index (χ0n) is 8.60. The van der Waals surface area contributed by atoms with Gasteiger partial charge in [0.15, 0.2) is 5.78 Å². The Labute approximate surface area is 91.5 Å². The number of nitro groups is 1. The third kappa shape index (κ3) is 1.67. The predicted molar refractivity (Wildman–Crippen MR) is 57.2 cm³/mol. The third-order valence-electron chi connectivity index (χ3n) is 2.39. The number of fused-ring (bicyclic) bond motifs is 1. The number of nitrogens with zero attached hydrogens (tertiary/aromatic N) is 1. The Hall–Kier alpha value is -2.17. The van der Waals surface area contributed by atoms with Gasteiger partial charge < -0.3 is 4.74 Å². The second-order valence-corrected chi connectivity index (χ2v) is 3.46. The molecule has 0 radical (unpaired) electrons. The van der Waals surface area contributed by atoms with Gasteiger partial charge in [0.25, 0.3) is 5.69 Å². The van der Waals surface area contributed by atoms with Crippen LogP contribution in [-0.4, -0.2) is 17.3 Å². The van der Waals surface area contributed by atoms with Crippen LogP contribution in [0.4, 0.5) is 5.69 Å². The molecule has 1 aliphatic rings. The topological polar surface area (TPSA) is 69.4 Å². The van der Waals surface area contributed by atoms with Gasteiger partial charge in [0.05, 0.1) is 10.5 Å². The molecule has 1 heterocycles. The Morgan fingerprint density at radius 1 is 1.50 bits per heavy atom. The van der Waals surface area contributed by atoms with Gasteiger partial charge in [0.2, 0.25) is 0 Å². The maximum atomic E-state index is 11.2. The second kappa shape index (κ2) is 3.77. The Morgan fingerprint density at radius 3 is 2.88 bits per heavy atom. The van der Waals surface area contributed by atoms with Gasteiger partial charge in [-0.05, 0) is 19.1 Å². The highest BCUT2D eigenvalue weighted by Gasteiger charge is 2.22. The van der Waals surface area contributed by atoms with Gasteiger partial charge in [-0.1, -0.05) is 6.07 Å². The summed E-state index contributed by atoms with van der Waals surface area (Å²) in [6.07, 6.45) is 1.53. The number of carbonyl (C=O) groups is 1. The molecule has 0 saturated heterocycles. The van der Waals surface area contributed by atoms with Crippen LogP contribution < -0.4 is 4.74 Å². The van der Waals surface area contributed by atoms with E-state index in [1.807, 2.05) is 0 Å². The number of hydrogen-bond donors (Lipinski definition) is 0. The van der Waals surface area contributed by atoms with E-state index in [1.54, 1.807) is 12.1 Å². The molecule has 0 bridgehead atoms. The van der Waals surface area contributed by atoms with Crippen LogP contribution in [0.3, 0.4) is 0 Å². The Morgan fingerprint density at radius 2 is 2.25 bits per heavy atom. The van der Waals surface area contributed by atoms with E-state index in [4.69, 9.17) is 4.74 Å². The normalized spacial score (nSPS) is 13.4. The summed E-state index contributed by atoms with van der Waals surface area (Å²) in [7, 11) is 0. The zero-order valence-corrected chi connectivity index (χ0v) is 8.60. The molecule has 1 aromatic rings. The van der Waals surface area contributed by atoms with Gasteiger partial charge in [-0.25, -0.2) is 0 Å². The lowest BCUT2D eigenvalue weighted by Crippen LogP contribution is -2.13. The van der Waals surface area contributed by atoms with E-state index in [0.717, 1.165) is 0 Å². The van der Waals surface area contributed by atoms with Gasteiger partial charge in [-0.2, -0.15) is 0 Å². The number of ketones is 1. The molecule has 5 nitrogen and oxygen atoms in total. The fourth-order valence-corrected chi connectivity index (χ4v) is 1.54. The standard InChI is InChI=1S/C11H9NO4/c1-7(13)8-5-9-10(12(14)15)3-2-4-11(9)16-6-8/h2-5H,6H2,1H3. The van der Waals surface area contributed by atoms with Crippen molar-refractivity contribution in [2.24, 2.45) is 0 Å². The van der Waals surface area contributed by atoms with Crippen molar-refractivity contribution in [2.75, 3.05) is 6.61 Å². The molecule has 1 aliphatic heterocycles. The largest absolute Gasteiger partial charge is 0.488 e. The van der Waals surface area contributed by atoms with Crippen LogP contribution in [0.1, 0.15) is 12.5 Å². The number of ether oxygens (including phenoxy) is 1. The minimum Gasteiger partial charge on any atom is -0.488 e. The average molecular weight is 219 g/mol. The van der Waals surface area contributed by atoms with Crippen molar-refractivity contribution in [1.29, 1.82) is 0 Å². The van der Waals surface area contributed by atoms with Gasteiger partial charge >= 0.3 is 0 Å². The molecule has 0 fully saturated rings. The van der Waals surface area contributed by atoms with Crippen LogP contribution in [0.25, 0.3) is 6.08 Å². The smallest absolute Gasteiger partial charge is 0.280 e. The maximum Gasteiger partial charge on any atom is 0.280 e. The summed E-state index contributed by atoms with van der Waals surface area (Å²) in [6.45, 7) is 1.58. The molecule has 0 aliphatic carbocycles. The van der Waals surface area contributed by atoms with E-state index in [9.17, 15) is 14.9 Å². The monoisotopic (exact) mass is 219 g/mol. The van der Waals surface area contributed by atoms with E-state index >= 15 is 0 Å². The first-order chi connectivity index (χ1) is 7.59. The van der Waals surface area contributed by atoms with Crippen molar-refractivity contribution in [2.45, 2.75) is 6.92 Å². The lowest BCUT2D eigenvalue weighted by atomic mass is 10.0. The first-order valence-corrected chi connectivity index (χ1v) is 4.71. The van der Waals surface area contributed by atoms with Crippen LogP contribution in [0.2, 0.25) is 0 Å². The lowest BCUT2D eigenvalue weighted by molar-refractivity contribution is -0.385. The molecule has 0 spiro atoms. The minimum absolute atomic E-state index is 0.0454. The highest BCUT2D eigenvalue weighted by molar-refractivity contribution is 5.99. The van der Waals surface area contributed by atoms with Crippen LogP contribution >= 0.6 is 0 Å². The molecular weight excluding hydrogens is 210 g/mol. The summed E-state index contributed by atoms with van der Waals surface area (Å²) in [5.74, 6) is 0.308. The molecule has 5 heteroatoms. The van der Waals surface area contributed by atoms with Crippen molar-refractivity contribution >= 4 is 17.5 Å². The molecule has 1 aromatic carbocycles. The van der Waals surface area contributed by atoms with Crippen molar-refractivity contribution in [3.8, 4) is 5.75 Å². The van der Waals surface area contributed by atoms with Crippen LogP contribution in [0.5, 0.6) is 5.75 Å². The molecule has 82 valence electrons. The second-order valence-electron chi connectivity index (χ2n) is 3.46. The van der Waals surface area contributed by atoms with Crippen molar-refractivity contribution < 1.29 is 14.5 Å². The first-order valence-electron chi connectivity index (χ1n) is 4.71. The molecular formula is C11H9NO4. The molecule has 0 saturated carbocycles. The molecule has 0 N–H and O–H groups in total. The average Bonchev–Trinajstić information content (AvgIpc) is 2.27. The van der Waals surface area contributed by atoms with Crippen molar-refractivity contribution in [3.63, 3.8) is 0 Å². The number of hydrogen-bond acceptors (Lipinski definition) is 4. The van der Waals surface area contributed by atoms with Gasteiger partial charge in [0.1, 0.15) is 12.4 Å². The summed E-state index contributed by atoms with van der Waals surface area (Å²) in [6, 6.07) is 4.60. The number of nitro benzene ring substituents is 1. The Balaban J connectivity index is 2.58. The van der Waals surface area contributed by atoms with Gasteiger partial charge in [-0.15, -0.1) is 0 Å². The van der Waals surface area contributed by atoms with Gasteiger partial charge in [0, 0.05) is 11.6 Å². The number of benzene rings is 1. The van der Waals surface area contributed by atoms with E-state index in [-0.39, 0.29) is 18.1 Å². The van der Waals surface area contributed by atoms with Crippen molar-refractivity contribution in [1.82, 2.24) is 0 Å². The Bertz CT molecular complexity index is 505. The molecule has 0 amide bonds. The van der Waals surface area contributed by atoms with Crippen LogP contribution in [-0.2, 0) is 4.79 Å². The maximum absolute atomic E-state index is 11.2. The lowest BCUT2D eigenvalue weighted by Gasteiger charge is -2.15. The van der Waals surface area contributed by atoms with E-state index in [2.05, 4.69) is 0 Å². The minimum atomic E-state index is -0.484. The van der Waals surface area contributed by atoms with Crippen LogP contribution in [0, 0.1) is 10.1 Å². The Kier molecular flexibility index (Phi) is 2.44. The molecule has 0 aromatic heterocycles. The highest BCUT2D eigenvalue weighted by Crippen LogP contribution is 2.33. The third-order valence-corrected chi connectivity index (χ3v) is 2.39. The van der Waals surface area contributed by atoms with Gasteiger partial charge in [-0.3, -0.25) is 14.9 Å². The number of Topliss-reactive ketones (excluding diaryl/α,β-unsaturated/α-hetero) is 1. The fourth-order valence-electron chi connectivity index (χ4n) is 1.54. The van der Waals surface area contributed by atoms with Crippen LogP contribution in [0.15, 0.2) is 23.8 Å². The van der Waals surface area contributed by atoms with Crippen molar-refractivity contribution in [3.05, 3.63) is 39.4 Å². The summed E-state index contributed by atoms with van der Waals surface area (Å²) in [4.78, 5) is 21.5. The molecule has 2 rings (SSSR count). The summed E-state index contributed by atoms with van der Waals surface area (Å²) >= 11 is 0.